The molecular formula is C13H16N2O4S. The normalized spacial score (nSPS) is 11.9. The molecule has 0 spiro atoms. The van der Waals surface area contributed by atoms with E-state index in [2.05, 4.69) is 5.32 Å². The Labute approximate surface area is 118 Å². The fourth-order valence-corrected chi connectivity index (χ4v) is 1.93. The lowest BCUT2D eigenvalue weighted by Crippen LogP contribution is -2.14. The highest BCUT2D eigenvalue weighted by Crippen LogP contribution is 2.26. The number of amides is 1. The summed E-state index contributed by atoms with van der Waals surface area (Å²) in [6.45, 7) is 1.82. The van der Waals surface area contributed by atoms with Gasteiger partial charge in [0.25, 0.3) is 0 Å². The molecule has 0 aromatic heterocycles. The Hall–Kier alpha value is -2.12. The molecule has 0 saturated carbocycles. The number of carbonyl (C=O) groups is 1. The Bertz CT molecular complexity index is 648. The zero-order valence-electron chi connectivity index (χ0n) is 11.2. The Balaban J connectivity index is 3.06. The Morgan fingerprint density at radius 3 is 2.60 bits per heavy atom. The van der Waals surface area contributed by atoms with Crippen molar-refractivity contribution in [1.82, 2.24) is 0 Å². The second-order valence-corrected chi connectivity index (χ2v) is 5.34. The van der Waals surface area contributed by atoms with Crippen LogP contribution >= 0.6 is 0 Å². The first-order valence-electron chi connectivity index (χ1n) is 5.69. The van der Waals surface area contributed by atoms with Crippen molar-refractivity contribution in [2.24, 2.45) is 5.14 Å². The molecular weight excluding hydrogens is 280 g/mol. The van der Waals surface area contributed by atoms with E-state index >= 15 is 0 Å². The molecule has 0 unspecified atom stereocenters. The number of allylic oxidation sites excluding steroid dienone is 3. The lowest BCUT2D eigenvalue weighted by Gasteiger charge is -2.10. The number of nitrogens with one attached hydrogen (secondary N) is 1. The Kier molecular flexibility index (Phi) is 5.48. The number of primary sulfonamides is 1. The van der Waals surface area contributed by atoms with Crippen LogP contribution in [0.15, 0.2) is 47.4 Å². The van der Waals surface area contributed by atoms with Crippen LogP contribution in [0.5, 0.6) is 5.75 Å². The summed E-state index contributed by atoms with van der Waals surface area (Å²) in [5, 5.41) is 7.57. The second kappa shape index (κ2) is 6.88. The van der Waals surface area contributed by atoms with Crippen LogP contribution in [-0.4, -0.2) is 21.4 Å². The lowest BCUT2D eigenvalue weighted by atomic mass is 10.3. The average Bonchev–Trinajstić information content (AvgIpc) is 2.38. The largest absolute Gasteiger partial charge is 0.495 e. The monoisotopic (exact) mass is 296 g/mol. The summed E-state index contributed by atoms with van der Waals surface area (Å²) in [7, 11) is -2.43. The molecule has 1 aromatic carbocycles. The van der Waals surface area contributed by atoms with E-state index in [0.717, 1.165) is 0 Å². The summed E-state index contributed by atoms with van der Waals surface area (Å²) in [6, 6.07) is 3.97. The third-order valence-corrected chi connectivity index (χ3v) is 3.22. The molecule has 0 heterocycles. The number of rotatable bonds is 5. The van der Waals surface area contributed by atoms with Gasteiger partial charge >= 0.3 is 0 Å². The number of benzene rings is 1. The van der Waals surface area contributed by atoms with Gasteiger partial charge < -0.3 is 10.1 Å². The van der Waals surface area contributed by atoms with Crippen LogP contribution in [0.4, 0.5) is 5.69 Å². The minimum absolute atomic E-state index is 0.106. The van der Waals surface area contributed by atoms with E-state index in [9.17, 15) is 13.2 Å². The van der Waals surface area contributed by atoms with Crippen LogP contribution in [0, 0.1) is 0 Å². The van der Waals surface area contributed by atoms with E-state index in [1.54, 1.807) is 18.2 Å². The Morgan fingerprint density at radius 1 is 1.35 bits per heavy atom. The lowest BCUT2D eigenvalue weighted by molar-refractivity contribution is -0.111. The number of hydrogen-bond acceptors (Lipinski definition) is 4. The molecule has 0 aliphatic heterocycles. The summed E-state index contributed by atoms with van der Waals surface area (Å²) in [5.41, 5.74) is 0.231. The maximum absolute atomic E-state index is 11.6. The van der Waals surface area contributed by atoms with E-state index in [4.69, 9.17) is 9.88 Å². The highest BCUT2D eigenvalue weighted by atomic mass is 32.2. The summed E-state index contributed by atoms with van der Waals surface area (Å²) in [5.74, 6) is -0.0712. The predicted molar refractivity (Wildman–Crippen MR) is 77.0 cm³/mol. The number of ether oxygens (including phenoxy) is 1. The molecule has 0 atom stereocenters. The SMILES string of the molecule is CC=CC=CC(=O)Nc1cc(S(N)(=O)=O)ccc1OC. The quantitative estimate of drug-likeness (QED) is 0.634. The summed E-state index contributed by atoms with van der Waals surface area (Å²) in [4.78, 5) is 11.5. The fourth-order valence-electron chi connectivity index (χ4n) is 1.39. The summed E-state index contributed by atoms with van der Waals surface area (Å²) in [6.07, 6.45) is 6.33. The van der Waals surface area contributed by atoms with E-state index < -0.39 is 15.9 Å². The first-order valence-corrected chi connectivity index (χ1v) is 7.24. The van der Waals surface area contributed by atoms with Gasteiger partial charge in [0.15, 0.2) is 0 Å². The number of hydrogen-bond donors (Lipinski definition) is 2. The van der Waals surface area contributed by atoms with Crippen molar-refractivity contribution in [3.05, 3.63) is 42.5 Å². The average molecular weight is 296 g/mol. The van der Waals surface area contributed by atoms with Crippen molar-refractivity contribution in [1.29, 1.82) is 0 Å². The fraction of sp³-hybridized carbons (Fsp3) is 0.154. The van der Waals surface area contributed by atoms with Crippen LogP contribution in [0.1, 0.15) is 6.92 Å². The third kappa shape index (κ3) is 4.52. The van der Waals surface area contributed by atoms with Gasteiger partial charge in [-0.15, -0.1) is 0 Å². The minimum atomic E-state index is -3.84. The molecule has 108 valence electrons. The van der Waals surface area contributed by atoms with Gasteiger partial charge in [0.05, 0.1) is 17.7 Å². The zero-order chi connectivity index (χ0) is 15.2. The van der Waals surface area contributed by atoms with Crippen LogP contribution in [0.25, 0.3) is 0 Å². The molecule has 1 aromatic rings. The summed E-state index contributed by atoms with van der Waals surface area (Å²) < 4.78 is 27.6. The molecule has 1 amide bonds. The number of nitrogens with two attached hydrogens (primary N) is 1. The highest BCUT2D eigenvalue weighted by molar-refractivity contribution is 7.89. The molecule has 0 aliphatic carbocycles. The molecule has 3 N–H and O–H groups in total. The van der Waals surface area contributed by atoms with E-state index in [-0.39, 0.29) is 10.6 Å². The third-order valence-electron chi connectivity index (χ3n) is 2.31. The van der Waals surface area contributed by atoms with E-state index in [1.807, 2.05) is 6.92 Å². The first kappa shape index (κ1) is 15.9. The number of sulfonamides is 1. The molecule has 0 radical (unpaired) electrons. The predicted octanol–water partition coefficient (Wildman–Crippen LogP) is 1.41. The second-order valence-electron chi connectivity index (χ2n) is 3.78. The van der Waals surface area contributed by atoms with Crippen molar-refractivity contribution in [2.75, 3.05) is 12.4 Å². The van der Waals surface area contributed by atoms with Gasteiger partial charge in [-0.2, -0.15) is 0 Å². The van der Waals surface area contributed by atoms with Crippen LogP contribution in [-0.2, 0) is 14.8 Å². The molecule has 1 rings (SSSR count). The van der Waals surface area contributed by atoms with Crippen LogP contribution < -0.4 is 15.2 Å². The van der Waals surface area contributed by atoms with Crippen molar-refractivity contribution < 1.29 is 17.9 Å². The molecule has 6 nitrogen and oxygen atoms in total. The topological polar surface area (TPSA) is 98.5 Å². The number of carbonyl (C=O) groups excluding carboxylic acids is 1. The molecule has 0 fully saturated rings. The van der Waals surface area contributed by atoms with Gasteiger partial charge in [-0.25, -0.2) is 13.6 Å². The first-order chi connectivity index (χ1) is 9.38. The number of anilines is 1. The van der Waals surface area contributed by atoms with Crippen molar-refractivity contribution in [2.45, 2.75) is 11.8 Å². The zero-order valence-corrected chi connectivity index (χ0v) is 12.0. The van der Waals surface area contributed by atoms with Crippen molar-refractivity contribution in [3.63, 3.8) is 0 Å². The van der Waals surface area contributed by atoms with Gasteiger partial charge in [-0.05, 0) is 25.1 Å². The van der Waals surface area contributed by atoms with Gasteiger partial charge in [0.2, 0.25) is 15.9 Å². The summed E-state index contributed by atoms with van der Waals surface area (Å²) >= 11 is 0. The molecule has 0 bridgehead atoms. The molecule has 7 heteroatoms. The molecule has 20 heavy (non-hydrogen) atoms. The minimum Gasteiger partial charge on any atom is -0.495 e. The smallest absolute Gasteiger partial charge is 0.248 e. The van der Waals surface area contributed by atoms with Gasteiger partial charge in [-0.3, -0.25) is 4.79 Å². The van der Waals surface area contributed by atoms with Crippen molar-refractivity contribution >= 4 is 21.6 Å². The number of methoxy groups -OCH3 is 1. The van der Waals surface area contributed by atoms with Crippen LogP contribution in [0.2, 0.25) is 0 Å². The highest BCUT2D eigenvalue weighted by Gasteiger charge is 2.13. The van der Waals surface area contributed by atoms with Crippen LogP contribution in [0.3, 0.4) is 0 Å². The van der Waals surface area contributed by atoms with E-state index in [0.29, 0.717) is 5.75 Å². The van der Waals surface area contributed by atoms with Gasteiger partial charge in [0, 0.05) is 6.08 Å². The molecule has 0 aliphatic rings. The van der Waals surface area contributed by atoms with Gasteiger partial charge in [0.1, 0.15) is 5.75 Å². The van der Waals surface area contributed by atoms with Crippen molar-refractivity contribution in [3.8, 4) is 5.75 Å². The standard InChI is InChI=1S/C13H16N2O4S/c1-3-4-5-6-13(16)15-11-9-10(20(14,17)18)7-8-12(11)19-2/h3-9H,1-2H3,(H,15,16)(H2,14,17,18). The van der Waals surface area contributed by atoms with E-state index in [1.165, 1.54) is 31.4 Å². The maximum atomic E-state index is 11.6. The molecule has 0 saturated heterocycles. The maximum Gasteiger partial charge on any atom is 0.248 e. The van der Waals surface area contributed by atoms with Gasteiger partial charge in [-0.1, -0.05) is 18.2 Å². The Morgan fingerprint density at radius 2 is 2.05 bits per heavy atom.